The van der Waals surface area contributed by atoms with Gasteiger partial charge < -0.3 is 20.1 Å². The summed E-state index contributed by atoms with van der Waals surface area (Å²) in [6, 6.07) is 1.26. The smallest absolute Gasteiger partial charge is 0.389 e. The van der Waals surface area contributed by atoms with Crippen LogP contribution in [0.25, 0.3) is 0 Å². The van der Waals surface area contributed by atoms with E-state index in [4.69, 9.17) is 5.11 Å². The van der Waals surface area contributed by atoms with Gasteiger partial charge in [0.15, 0.2) is 0 Å². The molecule has 19 heavy (non-hydrogen) atoms. The number of nitro groups is 1. The summed E-state index contributed by atoms with van der Waals surface area (Å²) in [5, 5.41) is 22.8. The van der Waals surface area contributed by atoms with Crippen LogP contribution in [0.15, 0.2) is 12.3 Å². The Hall–Kier alpha value is -1.96. The minimum atomic E-state index is -0.598. The number of hydrogen-bond donors (Lipinski definition) is 1. The van der Waals surface area contributed by atoms with Gasteiger partial charge in [0.25, 0.3) is 0 Å². The summed E-state index contributed by atoms with van der Waals surface area (Å²) < 4.78 is 1.25. The molecule has 0 aliphatic carbocycles. The molecule has 8 heteroatoms. The van der Waals surface area contributed by atoms with Crippen molar-refractivity contribution in [2.24, 2.45) is 0 Å². The minimum absolute atomic E-state index is 0.00958. The second kappa shape index (κ2) is 7.47. The fourth-order valence-electron chi connectivity index (χ4n) is 1.56. The third kappa shape index (κ3) is 5.04. The van der Waals surface area contributed by atoms with Gasteiger partial charge in [-0.3, -0.25) is 4.79 Å². The summed E-state index contributed by atoms with van der Waals surface area (Å²) in [4.78, 5) is 23.2. The van der Waals surface area contributed by atoms with Crippen molar-refractivity contribution in [3.63, 3.8) is 0 Å². The molecule has 0 fully saturated rings. The maximum absolute atomic E-state index is 11.8. The van der Waals surface area contributed by atoms with E-state index in [0.29, 0.717) is 6.54 Å². The zero-order valence-corrected chi connectivity index (χ0v) is 10.9. The van der Waals surface area contributed by atoms with Gasteiger partial charge in [0.05, 0.1) is 17.4 Å². The summed E-state index contributed by atoms with van der Waals surface area (Å²) in [7, 11) is 1.68. The molecule has 0 atom stereocenters. The Morgan fingerprint density at radius 2 is 2.26 bits per heavy atom. The number of likely N-dealkylation sites (N-methyl/N-ethyl adjacent to an activating group) is 1. The fourth-order valence-corrected chi connectivity index (χ4v) is 1.56. The average molecular weight is 270 g/mol. The molecule has 0 spiro atoms. The molecule has 1 heterocycles. The average Bonchev–Trinajstić information content (AvgIpc) is 2.83. The van der Waals surface area contributed by atoms with E-state index in [1.54, 1.807) is 11.9 Å². The number of rotatable bonds is 8. The van der Waals surface area contributed by atoms with Crippen LogP contribution < -0.4 is 0 Å². The van der Waals surface area contributed by atoms with Gasteiger partial charge in [-0.2, -0.15) is 4.68 Å². The number of aliphatic hydroxyl groups excluding tert-OH is 1. The van der Waals surface area contributed by atoms with Crippen LogP contribution in [0.1, 0.15) is 19.3 Å². The third-order valence-electron chi connectivity index (χ3n) is 2.69. The standard InChI is InChI=1S/C11H18N4O4/c1-13(6-3-2-4-8-16)11(17)9-14-7-5-10(12-14)15(18)19/h5,7,16H,2-4,6,8-9H2,1H3. The lowest BCUT2D eigenvalue weighted by Crippen LogP contribution is -2.31. The lowest BCUT2D eigenvalue weighted by molar-refractivity contribution is -0.389. The summed E-state index contributed by atoms with van der Waals surface area (Å²) in [6.07, 6.45) is 3.83. The number of unbranched alkanes of at least 4 members (excludes halogenated alkanes) is 2. The van der Waals surface area contributed by atoms with Crippen LogP contribution >= 0.6 is 0 Å². The predicted molar refractivity (Wildman–Crippen MR) is 67.5 cm³/mol. The number of aromatic nitrogens is 2. The highest BCUT2D eigenvalue weighted by atomic mass is 16.6. The first-order valence-corrected chi connectivity index (χ1v) is 6.07. The number of amides is 1. The molecule has 0 radical (unpaired) electrons. The SMILES string of the molecule is CN(CCCCCO)C(=O)Cn1ccc([N+](=O)[O-])n1. The van der Waals surface area contributed by atoms with Crippen molar-refractivity contribution < 1.29 is 14.8 Å². The van der Waals surface area contributed by atoms with Gasteiger partial charge in [-0.1, -0.05) is 0 Å². The van der Waals surface area contributed by atoms with Crippen molar-refractivity contribution in [1.82, 2.24) is 14.7 Å². The summed E-state index contributed by atoms with van der Waals surface area (Å²) in [5.74, 6) is -0.416. The summed E-state index contributed by atoms with van der Waals surface area (Å²) in [5.41, 5.74) is 0. The Morgan fingerprint density at radius 1 is 1.53 bits per heavy atom. The second-order valence-corrected chi connectivity index (χ2v) is 4.23. The van der Waals surface area contributed by atoms with Crippen LogP contribution in [0.5, 0.6) is 0 Å². The summed E-state index contributed by atoms with van der Waals surface area (Å²) >= 11 is 0. The Kier molecular flexibility index (Phi) is 5.94. The molecule has 0 saturated carbocycles. The van der Waals surface area contributed by atoms with E-state index in [1.807, 2.05) is 0 Å². The highest BCUT2D eigenvalue weighted by Crippen LogP contribution is 2.05. The molecular weight excluding hydrogens is 252 g/mol. The first kappa shape index (κ1) is 15.1. The molecule has 1 aromatic heterocycles. The first-order valence-electron chi connectivity index (χ1n) is 6.07. The van der Waals surface area contributed by atoms with Crippen molar-refractivity contribution in [1.29, 1.82) is 0 Å². The van der Waals surface area contributed by atoms with E-state index >= 15 is 0 Å². The number of hydrogen-bond acceptors (Lipinski definition) is 5. The third-order valence-corrected chi connectivity index (χ3v) is 2.69. The molecule has 1 aromatic rings. The van der Waals surface area contributed by atoms with Gasteiger partial charge in [0.1, 0.15) is 6.54 Å². The van der Waals surface area contributed by atoms with E-state index in [-0.39, 0.29) is 24.9 Å². The monoisotopic (exact) mass is 270 g/mol. The Morgan fingerprint density at radius 3 is 2.84 bits per heavy atom. The first-order chi connectivity index (χ1) is 9.04. The number of carbonyl (C=O) groups is 1. The van der Waals surface area contributed by atoms with Crippen molar-refractivity contribution in [2.45, 2.75) is 25.8 Å². The molecular formula is C11H18N4O4. The molecule has 0 aromatic carbocycles. The van der Waals surface area contributed by atoms with Crippen molar-refractivity contribution in [3.8, 4) is 0 Å². The molecule has 0 aliphatic heterocycles. The number of carbonyl (C=O) groups excluding carboxylic acids is 1. The van der Waals surface area contributed by atoms with Gasteiger partial charge in [0.2, 0.25) is 5.91 Å². The topological polar surface area (TPSA) is 102 Å². The molecule has 1 rings (SSSR count). The molecule has 0 bridgehead atoms. The quantitative estimate of drug-likeness (QED) is 0.419. The molecule has 1 amide bonds. The Bertz CT molecular complexity index is 432. The molecule has 0 unspecified atom stereocenters. The lowest BCUT2D eigenvalue weighted by atomic mass is 10.2. The van der Waals surface area contributed by atoms with Gasteiger partial charge in [-0.15, -0.1) is 0 Å². The van der Waals surface area contributed by atoms with Gasteiger partial charge in [0, 0.05) is 20.2 Å². The molecule has 8 nitrogen and oxygen atoms in total. The predicted octanol–water partition coefficient (Wildman–Crippen LogP) is 0.412. The van der Waals surface area contributed by atoms with E-state index in [9.17, 15) is 14.9 Å². The Labute approximate surface area is 110 Å². The molecule has 106 valence electrons. The highest BCUT2D eigenvalue weighted by molar-refractivity contribution is 5.75. The summed E-state index contributed by atoms with van der Waals surface area (Å²) in [6.45, 7) is 0.751. The number of nitrogens with zero attached hydrogens (tertiary/aromatic N) is 4. The maximum Gasteiger partial charge on any atom is 0.389 e. The minimum Gasteiger partial charge on any atom is -0.396 e. The van der Waals surface area contributed by atoms with Crippen LogP contribution in [0.4, 0.5) is 5.82 Å². The van der Waals surface area contributed by atoms with Gasteiger partial charge in [-0.05, 0) is 24.2 Å². The van der Waals surface area contributed by atoms with Crippen molar-refractivity contribution in [3.05, 3.63) is 22.4 Å². The van der Waals surface area contributed by atoms with Crippen LogP contribution in [0.3, 0.4) is 0 Å². The van der Waals surface area contributed by atoms with E-state index in [2.05, 4.69) is 5.10 Å². The molecule has 0 aliphatic rings. The van der Waals surface area contributed by atoms with Gasteiger partial charge >= 0.3 is 5.82 Å². The van der Waals surface area contributed by atoms with Gasteiger partial charge in [-0.25, -0.2) is 0 Å². The largest absolute Gasteiger partial charge is 0.396 e. The molecule has 1 N–H and O–H groups in total. The van der Waals surface area contributed by atoms with Crippen molar-refractivity contribution in [2.75, 3.05) is 20.2 Å². The van der Waals surface area contributed by atoms with Crippen LogP contribution in [0.2, 0.25) is 0 Å². The van der Waals surface area contributed by atoms with Crippen molar-refractivity contribution >= 4 is 11.7 Å². The van der Waals surface area contributed by atoms with Crippen LogP contribution in [0, 0.1) is 10.1 Å². The van der Waals surface area contributed by atoms with E-state index < -0.39 is 4.92 Å². The van der Waals surface area contributed by atoms with E-state index in [1.165, 1.54) is 16.9 Å². The maximum atomic E-state index is 11.8. The lowest BCUT2D eigenvalue weighted by Gasteiger charge is -2.16. The second-order valence-electron chi connectivity index (χ2n) is 4.23. The number of aliphatic hydroxyl groups is 1. The Balaban J connectivity index is 2.38. The fraction of sp³-hybridized carbons (Fsp3) is 0.636. The van der Waals surface area contributed by atoms with Crippen LogP contribution in [-0.4, -0.2) is 50.8 Å². The normalized spacial score (nSPS) is 10.4. The molecule has 0 saturated heterocycles. The van der Waals surface area contributed by atoms with Crippen LogP contribution in [-0.2, 0) is 11.3 Å². The van der Waals surface area contributed by atoms with E-state index in [0.717, 1.165) is 19.3 Å². The zero-order valence-electron chi connectivity index (χ0n) is 10.9. The zero-order chi connectivity index (χ0) is 14.3. The highest BCUT2D eigenvalue weighted by Gasteiger charge is 2.15.